The molecule has 1 aromatic carbocycles. The Morgan fingerprint density at radius 3 is 2.90 bits per heavy atom. The van der Waals surface area contributed by atoms with Gasteiger partial charge in [-0.1, -0.05) is 15.9 Å². The summed E-state index contributed by atoms with van der Waals surface area (Å²) in [6.07, 6.45) is 1.17. The quantitative estimate of drug-likeness (QED) is 0.725. The van der Waals surface area contributed by atoms with Crippen LogP contribution in [0.2, 0.25) is 0 Å². The molecule has 3 aromatic rings. The van der Waals surface area contributed by atoms with Crippen molar-refractivity contribution in [3.8, 4) is 11.6 Å². The summed E-state index contributed by atoms with van der Waals surface area (Å²) in [5.41, 5.74) is -0.213. The van der Waals surface area contributed by atoms with Gasteiger partial charge in [-0.3, -0.25) is 0 Å². The van der Waals surface area contributed by atoms with Gasteiger partial charge in [-0.15, -0.1) is 0 Å². The molecule has 0 spiro atoms. The van der Waals surface area contributed by atoms with Crippen molar-refractivity contribution in [3.63, 3.8) is 0 Å². The maximum Gasteiger partial charge on any atom is 0.348 e. The van der Waals surface area contributed by atoms with Gasteiger partial charge < -0.3 is 4.74 Å². The number of rotatable bonds is 2. The number of aromatic nitrogens is 4. The minimum absolute atomic E-state index is 0.0205. The molecule has 102 valence electrons. The lowest BCUT2D eigenvalue weighted by atomic mass is 10.3. The average Bonchev–Trinajstić information content (AvgIpc) is 2.77. The zero-order valence-electron chi connectivity index (χ0n) is 9.60. The summed E-state index contributed by atoms with van der Waals surface area (Å²) in [5.74, 6) is -2.53. The molecule has 0 aliphatic heterocycles. The lowest BCUT2D eigenvalue weighted by molar-refractivity contribution is 0.404. The highest BCUT2D eigenvalue weighted by molar-refractivity contribution is 9.10. The fourth-order valence-electron chi connectivity index (χ4n) is 1.57. The molecule has 1 N–H and O–H groups in total. The lowest BCUT2D eigenvalue weighted by Gasteiger charge is -2.06. The van der Waals surface area contributed by atoms with Crippen molar-refractivity contribution in [2.45, 2.75) is 0 Å². The largest absolute Gasteiger partial charge is 0.436 e. The molecular weight excluding hydrogens is 338 g/mol. The van der Waals surface area contributed by atoms with Crippen LogP contribution in [0.15, 0.2) is 33.8 Å². The monoisotopic (exact) mass is 342 g/mol. The van der Waals surface area contributed by atoms with E-state index in [4.69, 9.17) is 4.74 Å². The second kappa shape index (κ2) is 4.67. The Hall–Kier alpha value is -2.29. The van der Waals surface area contributed by atoms with Crippen LogP contribution in [0.1, 0.15) is 0 Å². The minimum Gasteiger partial charge on any atom is -0.436 e. The third-order valence-electron chi connectivity index (χ3n) is 2.46. The first kappa shape index (κ1) is 12.7. The third-order valence-corrected chi connectivity index (χ3v) is 2.92. The number of nitrogens with one attached hydrogen (secondary N) is 1. The summed E-state index contributed by atoms with van der Waals surface area (Å²) in [6.45, 7) is 0. The summed E-state index contributed by atoms with van der Waals surface area (Å²) in [5, 5.41) is 5.92. The van der Waals surface area contributed by atoms with Gasteiger partial charge >= 0.3 is 5.69 Å². The predicted molar refractivity (Wildman–Crippen MR) is 67.7 cm³/mol. The lowest BCUT2D eigenvalue weighted by Crippen LogP contribution is -2.09. The maximum absolute atomic E-state index is 13.6. The molecule has 0 atom stereocenters. The number of hydrogen-bond acceptors (Lipinski definition) is 4. The van der Waals surface area contributed by atoms with Gasteiger partial charge in [-0.25, -0.2) is 23.7 Å². The summed E-state index contributed by atoms with van der Waals surface area (Å²) in [4.78, 5) is 15.1. The van der Waals surface area contributed by atoms with Gasteiger partial charge in [-0.2, -0.15) is 9.49 Å². The molecule has 0 amide bonds. The normalized spacial score (nSPS) is 10.9. The number of fused-ring (bicyclic) bond motifs is 1. The van der Waals surface area contributed by atoms with Crippen LogP contribution in [0.3, 0.4) is 0 Å². The molecular formula is C11H5BrF2N4O2. The van der Waals surface area contributed by atoms with E-state index in [0.717, 1.165) is 10.5 Å². The molecule has 20 heavy (non-hydrogen) atoms. The Kier molecular flexibility index (Phi) is 2.97. The molecule has 0 radical (unpaired) electrons. The Bertz CT molecular complexity index is 861. The number of halogens is 3. The second-order valence-corrected chi connectivity index (χ2v) is 4.70. The minimum atomic E-state index is -1.13. The van der Waals surface area contributed by atoms with Crippen molar-refractivity contribution in [2.24, 2.45) is 0 Å². The fraction of sp³-hybridized carbons (Fsp3) is 0. The summed E-state index contributed by atoms with van der Waals surface area (Å²) < 4.78 is 33.4. The van der Waals surface area contributed by atoms with E-state index in [1.165, 1.54) is 18.5 Å². The summed E-state index contributed by atoms with van der Waals surface area (Å²) in [6, 6.07) is 3.56. The van der Waals surface area contributed by atoms with E-state index < -0.39 is 17.3 Å². The van der Waals surface area contributed by atoms with Gasteiger partial charge in [0.05, 0.1) is 0 Å². The van der Waals surface area contributed by atoms with E-state index in [1.807, 2.05) is 0 Å². The van der Waals surface area contributed by atoms with Gasteiger partial charge in [0.1, 0.15) is 6.33 Å². The number of aromatic amines is 1. The van der Waals surface area contributed by atoms with Gasteiger partial charge in [0, 0.05) is 10.5 Å². The van der Waals surface area contributed by atoms with Crippen LogP contribution in [-0.2, 0) is 0 Å². The fourth-order valence-corrected chi connectivity index (χ4v) is 1.98. The van der Waals surface area contributed by atoms with Crippen LogP contribution in [0, 0.1) is 11.6 Å². The third kappa shape index (κ3) is 2.16. The van der Waals surface area contributed by atoms with Crippen LogP contribution >= 0.6 is 15.9 Å². The first-order valence-corrected chi connectivity index (χ1v) is 6.09. The molecule has 2 aromatic heterocycles. The Labute approximate surface area is 118 Å². The Morgan fingerprint density at radius 2 is 2.10 bits per heavy atom. The molecule has 0 aliphatic carbocycles. The van der Waals surface area contributed by atoms with Crippen molar-refractivity contribution in [1.29, 1.82) is 0 Å². The Balaban J connectivity index is 2.03. The SMILES string of the molecule is O=c1[nH]nc2cc(Oc3cc(Br)cc(F)c3F)ncn12. The molecule has 6 nitrogen and oxygen atoms in total. The molecule has 0 saturated heterocycles. The maximum atomic E-state index is 13.6. The summed E-state index contributed by atoms with van der Waals surface area (Å²) in [7, 11) is 0. The molecule has 9 heteroatoms. The zero-order valence-corrected chi connectivity index (χ0v) is 11.2. The number of hydrogen-bond donors (Lipinski definition) is 1. The summed E-state index contributed by atoms with van der Waals surface area (Å²) >= 11 is 3.03. The van der Waals surface area contributed by atoms with Crippen molar-refractivity contribution in [3.05, 3.63) is 51.1 Å². The van der Waals surface area contributed by atoms with Crippen LogP contribution < -0.4 is 10.4 Å². The standard InChI is InChI=1S/C11H5BrF2N4O2/c12-5-1-6(13)10(14)7(2-5)20-9-3-8-16-17-11(19)18(8)4-15-9/h1-4H,(H,17,19). The molecule has 2 heterocycles. The highest BCUT2D eigenvalue weighted by Crippen LogP contribution is 2.28. The van der Waals surface area contributed by atoms with E-state index in [0.29, 0.717) is 4.47 Å². The highest BCUT2D eigenvalue weighted by Gasteiger charge is 2.13. The van der Waals surface area contributed by atoms with Crippen molar-refractivity contribution in [2.75, 3.05) is 0 Å². The van der Waals surface area contributed by atoms with Crippen LogP contribution in [-0.4, -0.2) is 19.6 Å². The highest BCUT2D eigenvalue weighted by atomic mass is 79.9. The predicted octanol–water partition coefficient (Wildman–Crippen LogP) is 2.25. The number of ether oxygens (including phenoxy) is 1. The van der Waals surface area contributed by atoms with Crippen LogP contribution in [0.25, 0.3) is 5.65 Å². The first-order chi connectivity index (χ1) is 9.54. The topological polar surface area (TPSA) is 72.3 Å². The zero-order chi connectivity index (χ0) is 14.3. The molecule has 0 fully saturated rings. The van der Waals surface area contributed by atoms with Gasteiger partial charge in [0.15, 0.2) is 17.2 Å². The van der Waals surface area contributed by atoms with Crippen molar-refractivity contribution >= 4 is 21.6 Å². The molecule has 0 saturated carbocycles. The van der Waals surface area contributed by atoms with Gasteiger partial charge in [0.2, 0.25) is 11.7 Å². The smallest absolute Gasteiger partial charge is 0.348 e. The van der Waals surface area contributed by atoms with E-state index in [2.05, 4.69) is 31.1 Å². The van der Waals surface area contributed by atoms with E-state index in [-0.39, 0.29) is 17.3 Å². The van der Waals surface area contributed by atoms with Gasteiger partial charge in [-0.05, 0) is 12.1 Å². The van der Waals surface area contributed by atoms with E-state index >= 15 is 0 Å². The molecule has 3 rings (SSSR count). The number of nitrogens with zero attached hydrogens (tertiary/aromatic N) is 3. The van der Waals surface area contributed by atoms with Crippen molar-refractivity contribution < 1.29 is 13.5 Å². The number of H-pyrrole nitrogens is 1. The number of benzene rings is 1. The van der Waals surface area contributed by atoms with E-state index in [1.54, 1.807) is 0 Å². The average molecular weight is 343 g/mol. The van der Waals surface area contributed by atoms with Gasteiger partial charge in [0.25, 0.3) is 0 Å². The molecule has 0 unspecified atom stereocenters. The Morgan fingerprint density at radius 1 is 1.30 bits per heavy atom. The van der Waals surface area contributed by atoms with E-state index in [9.17, 15) is 13.6 Å². The second-order valence-electron chi connectivity index (χ2n) is 3.79. The molecule has 0 aliphatic rings. The molecule has 0 bridgehead atoms. The van der Waals surface area contributed by atoms with Crippen LogP contribution in [0.4, 0.5) is 8.78 Å². The van der Waals surface area contributed by atoms with Crippen LogP contribution in [0.5, 0.6) is 11.6 Å². The van der Waals surface area contributed by atoms with Crippen molar-refractivity contribution in [1.82, 2.24) is 19.6 Å². The first-order valence-electron chi connectivity index (χ1n) is 5.30.